The quantitative estimate of drug-likeness (QED) is 0.908. The summed E-state index contributed by atoms with van der Waals surface area (Å²) in [5.74, 6) is -1.49. The molecule has 0 saturated carbocycles. The third-order valence-corrected chi connectivity index (χ3v) is 3.00. The highest BCUT2D eigenvalue weighted by molar-refractivity contribution is 5.22. The third-order valence-electron chi connectivity index (χ3n) is 3.00. The molecule has 2 rings (SSSR count). The Labute approximate surface area is 115 Å². The highest BCUT2D eigenvalue weighted by atomic mass is 19.1. The summed E-state index contributed by atoms with van der Waals surface area (Å²) in [5, 5.41) is 3.04. The van der Waals surface area contributed by atoms with E-state index in [1.807, 2.05) is 6.92 Å². The summed E-state index contributed by atoms with van der Waals surface area (Å²) in [6, 6.07) is 5.54. The van der Waals surface area contributed by atoms with Crippen LogP contribution >= 0.6 is 0 Å². The van der Waals surface area contributed by atoms with Crippen LogP contribution in [0.4, 0.5) is 13.2 Å². The minimum Gasteiger partial charge on any atom is -0.309 e. The smallest absolute Gasteiger partial charge is 0.146 e. The van der Waals surface area contributed by atoms with Crippen LogP contribution in [0, 0.1) is 17.5 Å². The van der Waals surface area contributed by atoms with Gasteiger partial charge in [-0.1, -0.05) is 6.92 Å². The highest BCUT2D eigenvalue weighted by Gasteiger charge is 2.18. The van der Waals surface area contributed by atoms with E-state index in [0.717, 1.165) is 18.2 Å². The monoisotopic (exact) mass is 280 g/mol. The van der Waals surface area contributed by atoms with Gasteiger partial charge in [-0.25, -0.2) is 13.2 Å². The van der Waals surface area contributed by atoms with Gasteiger partial charge in [0, 0.05) is 6.20 Å². The summed E-state index contributed by atoms with van der Waals surface area (Å²) in [6.45, 7) is 2.42. The number of benzene rings is 1. The molecule has 0 radical (unpaired) electrons. The molecule has 0 aliphatic carbocycles. The first kappa shape index (κ1) is 14.5. The number of aromatic nitrogens is 1. The molecule has 0 saturated heterocycles. The van der Waals surface area contributed by atoms with E-state index < -0.39 is 23.5 Å². The van der Waals surface area contributed by atoms with Crippen LogP contribution in [0.25, 0.3) is 0 Å². The van der Waals surface area contributed by atoms with Crippen molar-refractivity contribution in [2.45, 2.75) is 19.4 Å². The standard InChI is InChI=1S/C15H15F3N2/c1-2-19-14(15-13(18)4-3-7-20-15)9-10-8-11(16)5-6-12(10)17/h3-8,14,19H,2,9H2,1H3. The molecule has 1 atom stereocenters. The van der Waals surface area contributed by atoms with Gasteiger partial charge in [-0.05, 0) is 48.9 Å². The Morgan fingerprint density at radius 2 is 1.95 bits per heavy atom. The zero-order chi connectivity index (χ0) is 14.5. The molecule has 1 N–H and O–H groups in total. The molecule has 2 aromatic rings. The zero-order valence-electron chi connectivity index (χ0n) is 11.0. The molecule has 0 aliphatic heterocycles. The fourth-order valence-electron chi connectivity index (χ4n) is 2.09. The maximum absolute atomic E-state index is 13.8. The summed E-state index contributed by atoms with van der Waals surface area (Å²) < 4.78 is 40.6. The van der Waals surface area contributed by atoms with Crippen molar-refractivity contribution in [3.8, 4) is 0 Å². The normalized spacial score (nSPS) is 12.4. The van der Waals surface area contributed by atoms with E-state index in [0.29, 0.717) is 6.54 Å². The Hall–Kier alpha value is -1.88. The lowest BCUT2D eigenvalue weighted by molar-refractivity contribution is 0.482. The zero-order valence-corrected chi connectivity index (χ0v) is 11.0. The van der Waals surface area contributed by atoms with Crippen LogP contribution in [0.15, 0.2) is 36.5 Å². The van der Waals surface area contributed by atoms with Crippen LogP contribution in [-0.4, -0.2) is 11.5 Å². The van der Waals surface area contributed by atoms with Crippen molar-refractivity contribution in [2.75, 3.05) is 6.54 Å². The number of nitrogens with one attached hydrogen (secondary N) is 1. The van der Waals surface area contributed by atoms with Crippen molar-refractivity contribution < 1.29 is 13.2 Å². The Bertz CT molecular complexity index is 587. The van der Waals surface area contributed by atoms with Crippen LogP contribution in [0.2, 0.25) is 0 Å². The van der Waals surface area contributed by atoms with Crippen LogP contribution < -0.4 is 5.32 Å². The second kappa shape index (κ2) is 6.52. The minimum atomic E-state index is -0.516. The van der Waals surface area contributed by atoms with Crippen molar-refractivity contribution in [1.82, 2.24) is 10.3 Å². The predicted octanol–water partition coefficient (Wildman–Crippen LogP) is 3.39. The van der Waals surface area contributed by atoms with Gasteiger partial charge < -0.3 is 5.32 Å². The van der Waals surface area contributed by atoms with Crippen molar-refractivity contribution in [1.29, 1.82) is 0 Å². The summed E-state index contributed by atoms with van der Waals surface area (Å²) >= 11 is 0. The van der Waals surface area contributed by atoms with Gasteiger partial charge in [0.1, 0.15) is 17.5 Å². The Morgan fingerprint density at radius 3 is 2.65 bits per heavy atom. The fourth-order valence-corrected chi connectivity index (χ4v) is 2.09. The maximum Gasteiger partial charge on any atom is 0.146 e. The number of hydrogen-bond acceptors (Lipinski definition) is 2. The number of pyridine rings is 1. The van der Waals surface area contributed by atoms with Crippen LogP contribution in [0.3, 0.4) is 0 Å². The summed E-state index contributed by atoms with van der Waals surface area (Å²) in [4.78, 5) is 3.99. The Kier molecular flexibility index (Phi) is 4.74. The van der Waals surface area contributed by atoms with Gasteiger partial charge >= 0.3 is 0 Å². The molecular weight excluding hydrogens is 265 g/mol. The van der Waals surface area contributed by atoms with Crippen molar-refractivity contribution in [3.05, 3.63) is 65.2 Å². The van der Waals surface area contributed by atoms with E-state index in [1.54, 1.807) is 0 Å². The van der Waals surface area contributed by atoms with E-state index in [1.165, 1.54) is 18.3 Å². The van der Waals surface area contributed by atoms with Gasteiger partial charge in [-0.15, -0.1) is 0 Å². The number of rotatable bonds is 5. The van der Waals surface area contributed by atoms with Crippen LogP contribution in [-0.2, 0) is 6.42 Å². The predicted molar refractivity (Wildman–Crippen MR) is 70.7 cm³/mol. The first-order valence-corrected chi connectivity index (χ1v) is 6.39. The van der Waals surface area contributed by atoms with Gasteiger partial charge in [0.15, 0.2) is 0 Å². The lowest BCUT2D eigenvalue weighted by Gasteiger charge is -2.18. The molecule has 0 bridgehead atoms. The number of hydrogen-bond donors (Lipinski definition) is 1. The van der Waals surface area contributed by atoms with Gasteiger partial charge in [-0.2, -0.15) is 0 Å². The van der Waals surface area contributed by atoms with Gasteiger partial charge in [0.05, 0.1) is 11.7 Å². The minimum absolute atomic E-state index is 0.130. The molecule has 106 valence electrons. The molecular formula is C15H15F3N2. The molecule has 1 heterocycles. The first-order valence-electron chi connectivity index (χ1n) is 6.39. The maximum atomic E-state index is 13.8. The second-order valence-electron chi connectivity index (χ2n) is 4.42. The van der Waals surface area contributed by atoms with Crippen molar-refractivity contribution in [2.24, 2.45) is 0 Å². The number of nitrogens with zero attached hydrogens (tertiary/aromatic N) is 1. The van der Waals surface area contributed by atoms with Crippen molar-refractivity contribution >= 4 is 0 Å². The number of halogens is 3. The van der Waals surface area contributed by atoms with Crippen LogP contribution in [0.1, 0.15) is 24.2 Å². The average Bonchev–Trinajstić information content (AvgIpc) is 2.43. The topological polar surface area (TPSA) is 24.9 Å². The van der Waals surface area contributed by atoms with E-state index >= 15 is 0 Å². The third kappa shape index (κ3) is 3.36. The van der Waals surface area contributed by atoms with Gasteiger partial charge in [-0.3, -0.25) is 4.98 Å². The van der Waals surface area contributed by atoms with E-state index in [-0.39, 0.29) is 17.7 Å². The molecule has 5 heteroatoms. The first-order chi connectivity index (χ1) is 9.61. The van der Waals surface area contributed by atoms with Crippen LogP contribution in [0.5, 0.6) is 0 Å². The Balaban J connectivity index is 2.30. The van der Waals surface area contributed by atoms with Gasteiger partial charge in [0.25, 0.3) is 0 Å². The molecule has 0 amide bonds. The lowest BCUT2D eigenvalue weighted by Crippen LogP contribution is -2.25. The van der Waals surface area contributed by atoms with E-state index in [4.69, 9.17) is 0 Å². The fraction of sp³-hybridized carbons (Fsp3) is 0.267. The average molecular weight is 280 g/mol. The molecule has 0 fully saturated rings. The highest BCUT2D eigenvalue weighted by Crippen LogP contribution is 2.21. The second-order valence-corrected chi connectivity index (χ2v) is 4.42. The molecule has 0 aliphatic rings. The summed E-state index contributed by atoms with van der Waals surface area (Å²) in [6.07, 6.45) is 1.61. The SMILES string of the molecule is CCNC(Cc1cc(F)ccc1F)c1ncccc1F. The summed E-state index contributed by atoms with van der Waals surface area (Å²) in [5.41, 5.74) is 0.402. The lowest BCUT2D eigenvalue weighted by atomic mass is 10.0. The molecule has 1 aromatic carbocycles. The van der Waals surface area contributed by atoms with E-state index in [2.05, 4.69) is 10.3 Å². The molecule has 20 heavy (non-hydrogen) atoms. The summed E-state index contributed by atoms with van der Waals surface area (Å²) in [7, 11) is 0. The Morgan fingerprint density at radius 1 is 1.15 bits per heavy atom. The molecule has 0 spiro atoms. The van der Waals surface area contributed by atoms with Crippen molar-refractivity contribution in [3.63, 3.8) is 0 Å². The van der Waals surface area contributed by atoms with Gasteiger partial charge in [0.2, 0.25) is 0 Å². The largest absolute Gasteiger partial charge is 0.309 e. The molecule has 1 aromatic heterocycles. The molecule has 1 unspecified atom stereocenters. The molecule has 2 nitrogen and oxygen atoms in total. The van der Waals surface area contributed by atoms with E-state index in [9.17, 15) is 13.2 Å². The number of likely N-dealkylation sites (N-methyl/N-ethyl adjacent to an activating group) is 1.